The lowest BCUT2D eigenvalue weighted by Gasteiger charge is -2.24. The number of nitrogens with zero attached hydrogens (tertiary/aromatic N) is 2. The van der Waals surface area contributed by atoms with Crippen LogP contribution in [0.1, 0.15) is 30.0 Å². The minimum absolute atomic E-state index is 0.0204. The average Bonchev–Trinajstić information content (AvgIpc) is 2.58. The third-order valence-electron chi connectivity index (χ3n) is 3.69. The third kappa shape index (κ3) is 4.19. The summed E-state index contributed by atoms with van der Waals surface area (Å²) in [5, 5.41) is 4.04. The summed E-state index contributed by atoms with van der Waals surface area (Å²) in [6.07, 6.45) is 4.05. The van der Waals surface area contributed by atoms with Crippen LogP contribution in [0.5, 0.6) is 5.75 Å². The van der Waals surface area contributed by atoms with Gasteiger partial charge < -0.3 is 14.8 Å². The zero-order valence-corrected chi connectivity index (χ0v) is 13.8. The molecule has 0 saturated carbocycles. The second-order valence-corrected chi connectivity index (χ2v) is 5.77. The molecule has 2 heterocycles. The van der Waals surface area contributed by atoms with Crippen LogP contribution in [0.3, 0.4) is 0 Å². The highest BCUT2D eigenvalue weighted by Gasteiger charge is 2.18. The molecule has 5 nitrogen and oxygen atoms in total. The van der Waals surface area contributed by atoms with Crippen LogP contribution in [0.2, 0.25) is 5.02 Å². The van der Waals surface area contributed by atoms with E-state index in [1.165, 1.54) is 0 Å². The lowest BCUT2D eigenvalue weighted by molar-refractivity contribution is 0.0277. The van der Waals surface area contributed by atoms with Crippen molar-refractivity contribution in [2.24, 2.45) is 0 Å². The molecule has 0 radical (unpaired) electrons. The van der Waals surface area contributed by atoms with Gasteiger partial charge in [-0.05, 0) is 18.6 Å². The van der Waals surface area contributed by atoms with Gasteiger partial charge in [0.25, 0.3) is 0 Å². The number of morpholine rings is 1. The fourth-order valence-corrected chi connectivity index (χ4v) is 2.89. The Balaban J connectivity index is 1.69. The second-order valence-electron chi connectivity index (χ2n) is 5.36. The summed E-state index contributed by atoms with van der Waals surface area (Å²) in [5.74, 6) is 1.43. The van der Waals surface area contributed by atoms with Crippen LogP contribution < -0.4 is 10.1 Å². The Morgan fingerprint density at radius 3 is 2.83 bits per heavy atom. The number of ether oxygens (including phenoxy) is 2. The van der Waals surface area contributed by atoms with Crippen LogP contribution in [0.25, 0.3) is 0 Å². The predicted octanol–water partition coefficient (Wildman–Crippen LogP) is 2.78. The molecule has 1 aliphatic rings. The van der Waals surface area contributed by atoms with Gasteiger partial charge in [-0.15, -0.1) is 0 Å². The molecule has 0 unspecified atom stereocenters. The van der Waals surface area contributed by atoms with Crippen molar-refractivity contribution in [1.82, 2.24) is 15.3 Å². The maximum atomic E-state index is 6.43. The highest BCUT2D eigenvalue weighted by atomic mass is 35.5. The number of aromatic nitrogens is 2. The smallest absolute Gasteiger partial charge is 0.155 e. The summed E-state index contributed by atoms with van der Waals surface area (Å²) >= 11 is 6.43. The van der Waals surface area contributed by atoms with E-state index in [9.17, 15) is 0 Å². The van der Waals surface area contributed by atoms with Gasteiger partial charge in [0.2, 0.25) is 0 Å². The molecule has 0 spiro atoms. The first kappa shape index (κ1) is 16.2. The van der Waals surface area contributed by atoms with E-state index >= 15 is 0 Å². The summed E-state index contributed by atoms with van der Waals surface area (Å²) in [5.41, 5.74) is 2.10. The van der Waals surface area contributed by atoms with Crippen molar-refractivity contribution in [3.05, 3.63) is 52.6 Å². The molecule has 1 saturated heterocycles. The Labute approximate surface area is 141 Å². The third-order valence-corrected chi connectivity index (χ3v) is 4.02. The Morgan fingerprint density at radius 1 is 1.35 bits per heavy atom. The van der Waals surface area contributed by atoms with Crippen molar-refractivity contribution in [2.75, 3.05) is 26.3 Å². The van der Waals surface area contributed by atoms with Gasteiger partial charge in [0.1, 0.15) is 5.82 Å². The molecule has 23 heavy (non-hydrogen) atoms. The maximum Gasteiger partial charge on any atom is 0.155 e. The highest BCUT2D eigenvalue weighted by Crippen LogP contribution is 2.28. The molecule has 1 N–H and O–H groups in total. The molecular formula is C17H20ClN3O2. The summed E-state index contributed by atoms with van der Waals surface area (Å²) in [6, 6.07) is 6.05. The number of hydrogen-bond donors (Lipinski definition) is 1. The van der Waals surface area contributed by atoms with Crippen LogP contribution in [0, 0.1) is 0 Å². The largest absolute Gasteiger partial charge is 0.491 e. The Hall–Kier alpha value is -1.69. The standard InChI is InChI=1S/C17H20ClN3O2/c1-2-22-13-9-20-17(21-10-13)8-12-3-4-14(15(18)7-12)16-11-19-5-6-23-16/h3-4,7,9-10,16,19H,2,5-6,8,11H2,1H3/t16-/m0/s1. The SMILES string of the molecule is CCOc1cnc(Cc2ccc([C@@H]3CNCCO3)c(Cl)c2)nc1. The van der Waals surface area contributed by atoms with Crippen LogP contribution in [-0.4, -0.2) is 36.3 Å². The van der Waals surface area contributed by atoms with Gasteiger partial charge in [-0.25, -0.2) is 9.97 Å². The van der Waals surface area contributed by atoms with E-state index in [4.69, 9.17) is 21.1 Å². The Bertz CT molecular complexity index is 643. The quantitative estimate of drug-likeness (QED) is 0.911. The van der Waals surface area contributed by atoms with E-state index in [1.54, 1.807) is 12.4 Å². The Morgan fingerprint density at radius 2 is 2.17 bits per heavy atom. The van der Waals surface area contributed by atoms with Gasteiger partial charge in [0, 0.05) is 30.1 Å². The minimum Gasteiger partial charge on any atom is -0.491 e. The summed E-state index contributed by atoms with van der Waals surface area (Å²) < 4.78 is 11.1. The molecule has 6 heteroatoms. The van der Waals surface area contributed by atoms with Gasteiger partial charge in [-0.2, -0.15) is 0 Å². The fraction of sp³-hybridized carbons (Fsp3) is 0.412. The van der Waals surface area contributed by atoms with Crippen LogP contribution >= 0.6 is 11.6 Å². The van der Waals surface area contributed by atoms with E-state index in [2.05, 4.69) is 21.4 Å². The predicted molar refractivity (Wildman–Crippen MR) is 89.0 cm³/mol. The van der Waals surface area contributed by atoms with Crippen molar-refractivity contribution >= 4 is 11.6 Å². The number of benzene rings is 1. The zero-order chi connectivity index (χ0) is 16.1. The normalized spacial score (nSPS) is 17.9. The molecule has 122 valence electrons. The molecule has 1 fully saturated rings. The van der Waals surface area contributed by atoms with Gasteiger partial charge in [0.15, 0.2) is 5.75 Å². The topological polar surface area (TPSA) is 56.3 Å². The van der Waals surface area contributed by atoms with Crippen LogP contribution in [0.4, 0.5) is 0 Å². The number of halogens is 1. The molecule has 2 aromatic rings. The van der Waals surface area contributed by atoms with Crippen molar-refractivity contribution in [3.63, 3.8) is 0 Å². The van der Waals surface area contributed by atoms with Crippen LogP contribution in [-0.2, 0) is 11.2 Å². The van der Waals surface area contributed by atoms with E-state index in [0.29, 0.717) is 25.4 Å². The number of rotatable bonds is 5. The molecule has 1 aromatic heterocycles. The van der Waals surface area contributed by atoms with Crippen LogP contribution in [0.15, 0.2) is 30.6 Å². The number of nitrogens with one attached hydrogen (secondary N) is 1. The van der Waals surface area contributed by atoms with Crippen molar-refractivity contribution in [3.8, 4) is 5.75 Å². The molecule has 0 bridgehead atoms. The average molecular weight is 334 g/mol. The summed E-state index contributed by atoms with van der Waals surface area (Å²) in [4.78, 5) is 8.64. The van der Waals surface area contributed by atoms with Gasteiger partial charge >= 0.3 is 0 Å². The van der Waals surface area contributed by atoms with E-state index < -0.39 is 0 Å². The molecule has 0 aliphatic carbocycles. The monoisotopic (exact) mass is 333 g/mol. The van der Waals surface area contributed by atoms with Crippen molar-refractivity contribution < 1.29 is 9.47 Å². The maximum absolute atomic E-state index is 6.43. The fourth-order valence-electron chi connectivity index (χ4n) is 2.56. The number of hydrogen-bond acceptors (Lipinski definition) is 5. The zero-order valence-electron chi connectivity index (χ0n) is 13.1. The minimum atomic E-state index is 0.0204. The van der Waals surface area contributed by atoms with Gasteiger partial charge in [-0.1, -0.05) is 23.7 Å². The van der Waals surface area contributed by atoms with Gasteiger partial charge in [-0.3, -0.25) is 0 Å². The lowest BCUT2D eigenvalue weighted by atomic mass is 10.0. The Kier molecular flexibility index (Phi) is 5.43. The molecular weight excluding hydrogens is 314 g/mol. The summed E-state index contributed by atoms with van der Waals surface area (Å²) in [6.45, 7) is 4.94. The molecule has 1 aliphatic heterocycles. The summed E-state index contributed by atoms with van der Waals surface area (Å²) in [7, 11) is 0. The molecule has 1 atom stereocenters. The first-order valence-electron chi connectivity index (χ1n) is 7.80. The molecule has 3 rings (SSSR count). The van der Waals surface area contributed by atoms with Crippen molar-refractivity contribution in [2.45, 2.75) is 19.4 Å². The van der Waals surface area contributed by atoms with E-state index in [0.717, 1.165) is 35.1 Å². The van der Waals surface area contributed by atoms with Gasteiger partial charge in [0.05, 0.1) is 31.7 Å². The first-order chi connectivity index (χ1) is 11.3. The highest BCUT2D eigenvalue weighted by molar-refractivity contribution is 6.31. The molecule has 0 amide bonds. The second kappa shape index (κ2) is 7.73. The lowest BCUT2D eigenvalue weighted by Crippen LogP contribution is -2.33. The first-order valence-corrected chi connectivity index (χ1v) is 8.18. The molecule has 1 aromatic carbocycles. The van der Waals surface area contributed by atoms with Crippen molar-refractivity contribution in [1.29, 1.82) is 0 Å². The van der Waals surface area contributed by atoms with E-state index in [1.807, 2.05) is 19.1 Å². The van der Waals surface area contributed by atoms with E-state index in [-0.39, 0.29) is 6.10 Å².